The van der Waals surface area contributed by atoms with Crippen LogP contribution in [0.3, 0.4) is 0 Å². The van der Waals surface area contributed by atoms with Crippen molar-refractivity contribution in [2.75, 3.05) is 20.1 Å². The van der Waals surface area contributed by atoms with Crippen LogP contribution >= 0.6 is 0 Å². The molecular formula is C17H28FN3O2. The highest BCUT2D eigenvalue weighted by molar-refractivity contribution is 5.93. The van der Waals surface area contributed by atoms with Crippen LogP contribution in [0.1, 0.15) is 54.1 Å². The third-order valence-electron chi connectivity index (χ3n) is 3.80. The maximum atomic E-state index is 13.5. The fourth-order valence-electron chi connectivity index (χ4n) is 2.48. The molecule has 0 aromatic heterocycles. The Morgan fingerprint density at radius 3 is 2.78 bits per heavy atom. The van der Waals surface area contributed by atoms with Crippen molar-refractivity contribution in [3.8, 4) is 0 Å². The molecule has 0 saturated heterocycles. The number of amides is 1. The Kier molecular flexibility index (Phi) is 9.43. The molecule has 0 bridgehead atoms. The Bertz CT molecular complexity index is 489. The maximum Gasteiger partial charge on any atom is 0.274 e. The first-order valence-corrected chi connectivity index (χ1v) is 8.25. The zero-order valence-corrected chi connectivity index (χ0v) is 14.0. The number of carbonyl (C=O) groups is 1. The maximum absolute atomic E-state index is 13.5. The van der Waals surface area contributed by atoms with Gasteiger partial charge in [0.05, 0.1) is 0 Å². The largest absolute Gasteiger partial charge is 0.320 e. The van der Waals surface area contributed by atoms with Crippen LogP contribution in [0.25, 0.3) is 0 Å². The molecule has 0 unspecified atom stereocenters. The van der Waals surface area contributed by atoms with Crippen molar-refractivity contribution in [1.82, 2.24) is 16.1 Å². The Hall–Kier alpha value is -1.50. The zero-order valence-electron chi connectivity index (χ0n) is 14.0. The Labute approximate surface area is 137 Å². The summed E-state index contributed by atoms with van der Waals surface area (Å²) in [5, 5.41) is 14.6. The van der Waals surface area contributed by atoms with Gasteiger partial charge in [-0.15, -0.1) is 0 Å². The molecule has 1 amide bonds. The molecule has 23 heavy (non-hydrogen) atoms. The summed E-state index contributed by atoms with van der Waals surface area (Å²) in [6, 6.07) is 2.75. The first-order valence-electron chi connectivity index (χ1n) is 8.25. The fraction of sp³-hybridized carbons (Fsp3) is 0.588. The van der Waals surface area contributed by atoms with E-state index >= 15 is 0 Å². The Balaban J connectivity index is 0.000000284. The predicted octanol–water partition coefficient (Wildman–Crippen LogP) is 2.38. The van der Waals surface area contributed by atoms with Gasteiger partial charge in [-0.3, -0.25) is 10.0 Å². The summed E-state index contributed by atoms with van der Waals surface area (Å²) in [5.41, 5.74) is 3.08. The minimum absolute atomic E-state index is 0.149. The van der Waals surface area contributed by atoms with Crippen LogP contribution in [0, 0.1) is 5.82 Å². The van der Waals surface area contributed by atoms with Gasteiger partial charge in [0.25, 0.3) is 5.91 Å². The van der Waals surface area contributed by atoms with Gasteiger partial charge in [-0.25, -0.2) is 9.87 Å². The first kappa shape index (κ1) is 19.5. The van der Waals surface area contributed by atoms with Gasteiger partial charge in [-0.1, -0.05) is 26.2 Å². The van der Waals surface area contributed by atoms with E-state index in [0.717, 1.165) is 18.2 Å². The number of fused-ring (bicyclic) bond motifs is 1. The number of nitrogens with one attached hydrogen (secondary N) is 3. The quantitative estimate of drug-likeness (QED) is 0.368. The van der Waals surface area contributed by atoms with Crippen molar-refractivity contribution in [3.05, 3.63) is 34.6 Å². The van der Waals surface area contributed by atoms with E-state index in [1.54, 1.807) is 6.07 Å². The number of hydroxylamine groups is 1. The van der Waals surface area contributed by atoms with Crippen molar-refractivity contribution in [3.63, 3.8) is 0 Å². The summed E-state index contributed by atoms with van der Waals surface area (Å²) in [6.45, 7) is 4.68. The summed E-state index contributed by atoms with van der Waals surface area (Å²) < 4.78 is 13.5. The van der Waals surface area contributed by atoms with Crippen molar-refractivity contribution >= 4 is 5.91 Å². The molecule has 0 atom stereocenters. The third-order valence-corrected chi connectivity index (χ3v) is 3.80. The van der Waals surface area contributed by atoms with Crippen LogP contribution in [0.4, 0.5) is 4.39 Å². The SMILES string of the molecule is CCCCCCNC.O=C(NO)c1cc(F)c2c(c1)CCNC2. The molecule has 0 aliphatic carbocycles. The highest BCUT2D eigenvalue weighted by atomic mass is 19.1. The molecule has 1 heterocycles. The number of benzene rings is 1. The van der Waals surface area contributed by atoms with Gasteiger partial charge in [0.15, 0.2) is 0 Å². The molecule has 1 aliphatic heterocycles. The molecule has 2 rings (SSSR count). The minimum Gasteiger partial charge on any atom is -0.320 e. The summed E-state index contributed by atoms with van der Waals surface area (Å²) in [5.74, 6) is -1.09. The molecule has 1 aromatic rings. The molecule has 1 aliphatic rings. The summed E-state index contributed by atoms with van der Waals surface area (Å²) in [6.07, 6.45) is 6.14. The number of rotatable bonds is 6. The molecule has 0 saturated carbocycles. The van der Waals surface area contributed by atoms with Crippen molar-refractivity contribution < 1.29 is 14.4 Å². The lowest BCUT2D eigenvalue weighted by molar-refractivity contribution is 0.0705. The lowest BCUT2D eigenvalue weighted by Gasteiger charge is -2.18. The molecule has 5 nitrogen and oxygen atoms in total. The summed E-state index contributed by atoms with van der Waals surface area (Å²) >= 11 is 0. The molecule has 4 N–H and O–H groups in total. The van der Waals surface area contributed by atoms with Gasteiger partial charge in [0.2, 0.25) is 0 Å². The van der Waals surface area contributed by atoms with Gasteiger partial charge in [-0.2, -0.15) is 0 Å². The van der Waals surface area contributed by atoms with Crippen molar-refractivity contribution in [2.24, 2.45) is 0 Å². The zero-order chi connectivity index (χ0) is 17.1. The number of hydrogen-bond donors (Lipinski definition) is 4. The van der Waals surface area contributed by atoms with Gasteiger partial charge in [0.1, 0.15) is 5.82 Å². The molecular weight excluding hydrogens is 297 g/mol. The number of hydrogen-bond acceptors (Lipinski definition) is 4. The van der Waals surface area contributed by atoms with Crippen LogP contribution in [-0.2, 0) is 13.0 Å². The molecule has 1 aromatic carbocycles. The van der Waals surface area contributed by atoms with E-state index in [9.17, 15) is 9.18 Å². The number of carbonyl (C=O) groups excluding carboxylic acids is 1. The molecule has 0 fully saturated rings. The second kappa shape index (κ2) is 11.1. The van der Waals surface area contributed by atoms with E-state index in [1.165, 1.54) is 37.7 Å². The van der Waals surface area contributed by atoms with E-state index in [-0.39, 0.29) is 5.56 Å². The van der Waals surface area contributed by atoms with E-state index < -0.39 is 11.7 Å². The average Bonchev–Trinajstić information content (AvgIpc) is 2.58. The van der Waals surface area contributed by atoms with Crippen LogP contribution in [0.15, 0.2) is 12.1 Å². The molecule has 0 radical (unpaired) electrons. The molecule has 0 spiro atoms. The monoisotopic (exact) mass is 325 g/mol. The molecule has 6 heteroatoms. The van der Waals surface area contributed by atoms with E-state index in [1.807, 2.05) is 7.05 Å². The smallest absolute Gasteiger partial charge is 0.274 e. The summed E-state index contributed by atoms with van der Waals surface area (Å²) in [4.78, 5) is 11.1. The van der Waals surface area contributed by atoms with Gasteiger partial charge < -0.3 is 10.6 Å². The van der Waals surface area contributed by atoms with Crippen LogP contribution in [0.5, 0.6) is 0 Å². The molecule has 130 valence electrons. The second-order valence-corrected chi connectivity index (χ2v) is 5.63. The van der Waals surface area contributed by atoms with Crippen molar-refractivity contribution in [1.29, 1.82) is 0 Å². The first-order chi connectivity index (χ1) is 11.1. The Morgan fingerprint density at radius 2 is 2.13 bits per heavy atom. The normalized spacial score (nSPS) is 12.9. The fourth-order valence-corrected chi connectivity index (χ4v) is 2.48. The standard InChI is InChI=1S/C10H11FN2O2.C7H17N/c11-9-4-7(10(14)13-15)3-6-1-2-12-5-8(6)9;1-3-4-5-6-7-8-2/h3-4,12,15H,1-2,5H2,(H,13,14);8H,3-7H2,1-2H3. The van der Waals surface area contributed by atoms with E-state index in [0.29, 0.717) is 18.5 Å². The van der Waals surface area contributed by atoms with E-state index in [2.05, 4.69) is 17.6 Å². The average molecular weight is 325 g/mol. The highest BCUT2D eigenvalue weighted by Gasteiger charge is 2.16. The second-order valence-electron chi connectivity index (χ2n) is 5.63. The van der Waals surface area contributed by atoms with Crippen molar-refractivity contribution in [2.45, 2.75) is 45.6 Å². The van der Waals surface area contributed by atoms with Gasteiger partial charge >= 0.3 is 0 Å². The number of halogens is 1. The lowest BCUT2D eigenvalue weighted by Crippen LogP contribution is -2.26. The Morgan fingerprint density at radius 1 is 1.35 bits per heavy atom. The lowest BCUT2D eigenvalue weighted by atomic mass is 9.97. The number of unbranched alkanes of at least 4 members (excludes halogenated alkanes) is 3. The highest BCUT2D eigenvalue weighted by Crippen LogP contribution is 2.19. The van der Waals surface area contributed by atoms with Crippen LogP contribution in [-0.4, -0.2) is 31.3 Å². The van der Waals surface area contributed by atoms with Gasteiger partial charge in [-0.05, 0) is 50.7 Å². The van der Waals surface area contributed by atoms with E-state index in [4.69, 9.17) is 5.21 Å². The predicted molar refractivity (Wildman–Crippen MR) is 89.1 cm³/mol. The topological polar surface area (TPSA) is 73.4 Å². The summed E-state index contributed by atoms with van der Waals surface area (Å²) in [7, 11) is 2.01. The van der Waals surface area contributed by atoms with Crippen LogP contribution < -0.4 is 16.1 Å². The third kappa shape index (κ3) is 6.64. The minimum atomic E-state index is -0.685. The van der Waals surface area contributed by atoms with Crippen LogP contribution in [0.2, 0.25) is 0 Å². The van der Waals surface area contributed by atoms with Gasteiger partial charge in [0, 0.05) is 17.7 Å².